The average Bonchev–Trinajstić information content (AvgIpc) is 2.38. The summed E-state index contributed by atoms with van der Waals surface area (Å²) in [7, 11) is 0. The van der Waals surface area contributed by atoms with Crippen molar-refractivity contribution in [2.24, 2.45) is 5.41 Å². The third-order valence-corrected chi connectivity index (χ3v) is 2.53. The van der Waals surface area contributed by atoms with Gasteiger partial charge in [0.25, 0.3) is 5.91 Å². The lowest BCUT2D eigenvalue weighted by molar-refractivity contribution is -0.140. The van der Waals surface area contributed by atoms with Crippen LogP contribution in [0.5, 0.6) is 0 Å². The maximum Gasteiger partial charge on any atom is 0.416 e. The Bertz CT molecular complexity index is 516. The van der Waals surface area contributed by atoms with E-state index in [1.807, 2.05) is 0 Å². The predicted octanol–water partition coefficient (Wildman–Crippen LogP) is 2.80. The summed E-state index contributed by atoms with van der Waals surface area (Å²) < 4.78 is 37.0. The first-order valence-electron chi connectivity index (χ1n) is 5.66. The van der Waals surface area contributed by atoms with Gasteiger partial charge >= 0.3 is 6.18 Å². The molecule has 0 radical (unpaired) electrons. The maximum atomic E-state index is 12.3. The molecule has 0 unspecified atom stereocenters. The topological polar surface area (TPSA) is 62.1 Å². The smallest absolute Gasteiger partial charge is 0.271 e. The van der Waals surface area contributed by atoms with Crippen LogP contribution < -0.4 is 5.48 Å². The van der Waals surface area contributed by atoms with E-state index in [4.69, 9.17) is 10.1 Å². The number of benzene rings is 1. The molecule has 1 aromatic rings. The monoisotopic (exact) mass is 286 g/mol. The SMILES string of the molecule is CC(C)(C#N)C(=O)NOCc1ccc(C(F)(F)F)cc1. The van der Waals surface area contributed by atoms with Gasteiger partial charge in [-0.2, -0.15) is 18.4 Å². The van der Waals surface area contributed by atoms with Gasteiger partial charge in [0.1, 0.15) is 5.41 Å². The molecule has 1 N–H and O–H groups in total. The van der Waals surface area contributed by atoms with Crippen molar-refractivity contribution in [2.75, 3.05) is 0 Å². The molecule has 20 heavy (non-hydrogen) atoms. The molecule has 0 aliphatic rings. The zero-order valence-electron chi connectivity index (χ0n) is 10.9. The van der Waals surface area contributed by atoms with Crippen LogP contribution in [-0.4, -0.2) is 5.91 Å². The molecule has 108 valence electrons. The molecule has 4 nitrogen and oxygen atoms in total. The van der Waals surface area contributed by atoms with Crippen molar-refractivity contribution < 1.29 is 22.8 Å². The number of hydrogen-bond acceptors (Lipinski definition) is 3. The van der Waals surface area contributed by atoms with Gasteiger partial charge in [0.05, 0.1) is 18.2 Å². The Morgan fingerprint density at radius 3 is 2.30 bits per heavy atom. The molecule has 7 heteroatoms. The second-order valence-corrected chi connectivity index (χ2v) is 4.65. The molecule has 1 amide bonds. The fourth-order valence-corrected chi connectivity index (χ4v) is 1.15. The number of alkyl halides is 3. The molecule has 0 bridgehead atoms. The largest absolute Gasteiger partial charge is 0.416 e. The first kappa shape index (κ1) is 16.0. The van der Waals surface area contributed by atoms with Crippen LogP contribution in [0.25, 0.3) is 0 Å². The average molecular weight is 286 g/mol. The summed E-state index contributed by atoms with van der Waals surface area (Å²) in [6, 6.07) is 6.17. The number of nitriles is 1. The molecule has 0 saturated heterocycles. The second-order valence-electron chi connectivity index (χ2n) is 4.65. The van der Waals surface area contributed by atoms with Crippen molar-refractivity contribution in [1.29, 1.82) is 5.26 Å². The third-order valence-electron chi connectivity index (χ3n) is 2.53. The van der Waals surface area contributed by atoms with Gasteiger partial charge in [0, 0.05) is 0 Å². The van der Waals surface area contributed by atoms with Gasteiger partial charge in [-0.05, 0) is 31.5 Å². The fraction of sp³-hybridized carbons (Fsp3) is 0.385. The van der Waals surface area contributed by atoms with Gasteiger partial charge < -0.3 is 0 Å². The van der Waals surface area contributed by atoms with Crippen LogP contribution in [0, 0.1) is 16.7 Å². The number of halogens is 3. The minimum absolute atomic E-state index is 0.0919. The van der Waals surface area contributed by atoms with E-state index in [-0.39, 0.29) is 6.61 Å². The summed E-state index contributed by atoms with van der Waals surface area (Å²) in [4.78, 5) is 16.3. The second kappa shape index (κ2) is 5.92. The van der Waals surface area contributed by atoms with Gasteiger partial charge in [-0.25, -0.2) is 5.48 Å². The van der Waals surface area contributed by atoms with Crippen molar-refractivity contribution in [3.8, 4) is 6.07 Å². The van der Waals surface area contributed by atoms with Gasteiger partial charge in [-0.3, -0.25) is 9.63 Å². The van der Waals surface area contributed by atoms with E-state index in [0.717, 1.165) is 12.1 Å². The minimum atomic E-state index is -4.38. The van der Waals surface area contributed by atoms with E-state index in [2.05, 4.69) is 5.48 Å². The molecule has 1 aromatic carbocycles. The summed E-state index contributed by atoms with van der Waals surface area (Å²) in [5.41, 5.74) is 0.560. The molecule has 0 heterocycles. The van der Waals surface area contributed by atoms with Crippen LogP contribution in [-0.2, 0) is 22.4 Å². The van der Waals surface area contributed by atoms with Crippen molar-refractivity contribution in [3.63, 3.8) is 0 Å². The molecule has 0 aliphatic heterocycles. The number of rotatable bonds is 4. The first-order chi connectivity index (χ1) is 9.16. The molecule has 0 aromatic heterocycles. The van der Waals surface area contributed by atoms with E-state index in [9.17, 15) is 18.0 Å². The normalized spacial score (nSPS) is 11.8. The van der Waals surface area contributed by atoms with Crippen molar-refractivity contribution in [1.82, 2.24) is 5.48 Å². The minimum Gasteiger partial charge on any atom is -0.271 e. The Kier molecular flexibility index (Phi) is 4.73. The van der Waals surface area contributed by atoms with Crippen LogP contribution in [0.15, 0.2) is 24.3 Å². The van der Waals surface area contributed by atoms with Gasteiger partial charge in [-0.1, -0.05) is 12.1 Å². The predicted molar refractivity (Wildman–Crippen MR) is 63.8 cm³/mol. The summed E-state index contributed by atoms with van der Waals surface area (Å²) in [5.74, 6) is -0.619. The summed E-state index contributed by atoms with van der Waals surface area (Å²) >= 11 is 0. The zero-order chi connectivity index (χ0) is 15.4. The molecule has 0 aliphatic carbocycles. The van der Waals surface area contributed by atoms with Crippen molar-refractivity contribution in [3.05, 3.63) is 35.4 Å². The lowest BCUT2D eigenvalue weighted by Crippen LogP contribution is -2.35. The highest BCUT2D eigenvalue weighted by Crippen LogP contribution is 2.29. The Morgan fingerprint density at radius 1 is 1.30 bits per heavy atom. The number of hydroxylamine groups is 1. The van der Waals surface area contributed by atoms with Gasteiger partial charge in [-0.15, -0.1) is 0 Å². The van der Waals surface area contributed by atoms with Crippen molar-refractivity contribution in [2.45, 2.75) is 26.6 Å². The fourth-order valence-electron chi connectivity index (χ4n) is 1.15. The van der Waals surface area contributed by atoms with Gasteiger partial charge in [0.2, 0.25) is 0 Å². The molecular formula is C13H13F3N2O2. The van der Waals surface area contributed by atoms with Crippen LogP contribution >= 0.6 is 0 Å². The lowest BCUT2D eigenvalue weighted by Gasteiger charge is -2.14. The van der Waals surface area contributed by atoms with Crippen LogP contribution in [0.1, 0.15) is 25.0 Å². The highest BCUT2D eigenvalue weighted by molar-refractivity contribution is 5.83. The quantitative estimate of drug-likeness (QED) is 0.866. The Labute approximate surface area is 114 Å². The Hall–Kier alpha value is -2.07. The number of carbonyl (C=O) groups excluding carboxylic acids is 1. The number of hydrogen-bond donors (Lipinski definition) is 1. The zero-order valence-corrected chi connectivity index (χ0v) is 10.9. The molecule has 0 saturated carbocycles. The number of amides is 1. The summed E-state index contributed by atoms with van der Waals surface area (Å²) in [6.45, 7) is 2.75. The van der Waals surface area contributed by atoms with Crippen LogP contribution in [0.2, 0.25) is 0 Å². The van der Waals surface area contributed by atoms with Crippen molar-refractivity contribution >= 4 is 5.91 Å². The van der Waals surface area contributed by atoms with Gasteiger partial charge in [0.15, 0.2) is 0 Å². The molecular weight excluding hydrogens is 273 g/mol. The summed E-state index contributed by atoms with van der Waals surface area (Å²) in [5, 5.41) is 8.71. The highest BCUT2D eigenvalue weighted by Gasteiger charge is 2.30. The standard InChI is InChI=1S/C13H13F3N2O2/c1-12(2,8-17)11(19)18-20-7-9-3-5-10(6-4-9)13(14,15)16/h3-6H,7H2,1-2H3,(H,18,19). The highest BCUT2D eigenvalue weighted by atomic mass is 19.4. The summed E-state index contributed by atoms with van der Waals surface area (Å²) in [6.07, 6.45) is -4.38. The Balaban J connectivity index is 2.52. The van der Waals surface area contributed by atoms with E-state index in [1.54, 1.807) is 6.07 Å². The van der Waals surface area contributed by atoms with E-state index < -0.39 is 23.1 Å². The third kappa shape index (κ3) is 4.24. The van der Waals surface area contributed by atoms with Crippen LogP contribution in [0.3, 0.4) is 0 Å². The molecule has 0 fully saturated rings. The van der Waals surface area contributed by atoms with Crippen LogP contribution in [0.4, 0.5) is 13.2 Å². The number of nitrogens with one attached hydrogen (secondary N) is 1. The molecule has 0 atom stereocenters. The lowest BCUT2D eigenvalue weighted by atomic mass is 9.95. The van der Waals surface area contributed by atoms with E-state index >= 15 is 0 Å². The number of nitrogens with zero attached hydrogens (tertiary/aromatic N) is 1. The molecule has 1 rings (SSSR count). The van der Waals surface area contributed by atoms with E-state index in [0.29, 0.717) is 5.56 Å². The Morgan fingerprint density at radius 2 is 1.85 bits per heavy atom. The number of carbonyl (C=O) groups is 1. The van der Waals surface area contributed by atoms with E-state index in [1.165, 1.54) is 26.0 Å². The molecule has 0 spiro atoms. The maximum absolute atomic E-state index is 12.3. The first-order valence-corrected chi connectivity index (χ1v) is 5.66.